The Morgan fingerprint density at radius 1 is 1.32 bits per heavy atom. The van der Waals surface area contributed by atoms with Gasteiger partial charge in [0.2, 0.25) is 5.91 Å². The molecule has 1 aromatic heterocycles. The highest BCUT2D eigenvalue weighted by Crippen LogP contribution is 2.17. The Bertz CT molecular complexity index is 655. The highest BCUT2D eigenvalue weighted by atomic mass is 79.9. The minimum Gasteiger partial charge on any atom is -0.464 e. The van der Waals surface area contributed by atoms with E-state index in [4.69, 9.17) is 4.74 Å². The number of alkyl halides is 1. The molecule has 1 aromatic carbocycles. The minimum atomic E-state index is -0.532. The maximum absolute atomic E-state index is 12.0. The summed E-state index contributed by atoms with van der Waals surface area (Å²) >= 11 is 3.06. The molecule has 0 saturated heterocycles. The van der Waals surface area contributed by atoms with Gasteiger partial charge in [0.25, 0.3) is 0 Å². The van der Waals surface area contributed by atoms with Crippen LogP contribution in [0.1, 0.15) is 16.1 Å². The van der Waals surface area contributed by atoms with Crippen molar-refractivity contribution in [3.8, 4) is 0 Å². The number of carbonyl (C=O) groups excluding carboxylic acids is 2. The average molecular weight is 366 g/mol. The van der Waals surface area contributed by atoms with E-state index >= 15 is 0 Å². The molecule has 0 atom stereocenters. The van der Waals surface area contributed by atoms with E-state index in [0.29, 0.717) is 12.2 Å². The van der Waals surface area contributed by atoms with E-state index in [0.717, 1.165) is 12.0 Å². The van der Waals surface area contributed by atoms with Crippen LogP contribution in [-0.4, -0.2) is 34.1 Å². The van der Waals surface area contributed by atoms with Gasteiger partial charge in [-0.3, -0.25) is 9.48 Å². The highest BCUT2D eigenvalue weighted by Gasteiger charge is 2.20. The van der Waals surface area contributed by atoms with Crippen molar-refractivity contribution >= 4 is 33.5 Å². The van der Waals surface area contributed by atoms with E-state index < -0.39 is 5.97 Å². The van der Waals surface area contributed by atoms with Crippen LogP contribution in [0.3, 0.4) is 0 Å². The zero-order valence-electron chi connectivity index (χ0n) is 12.1. The van der Waals surface area contributed by atoms with Gasteiger partial charge in [-0.1, -0.05) is 46.3 Å². The molecule has 0 aliphatic rings. The van der Waals surface area contributed by atoms with Crippen molar-refractivity contribution in [3.63, 3.8) is 0 Å². The van der Waals surface area contributed by atoms with Crippen LogP contribution >= 0.6 is 15.9 Å². The minimum absolute atomic E-state index is 0.142. The molecule has 6 nitrogen and oxygen atoms in total. The van der Waals surface area contributed by atoms with Crippen LogP contribution in [0.4, 0.5) is 5.69 Å². The van der Waals surface area contributed by atoms with Gasteiger partial charge >= 0.3 is 5.97 Å². The first-order valence-corrected chi connectivity index (χ1v) is 7.81. The number of nitrogens with one attached hydrogen (secondary N) is 1. The fraction of sp³-hybridized carbons (Fsp3) is 0.267. The fourth-order valence-corrected chi connectivity index (χ4v) is 2.16. The summed E-state index contributed by atoms with van der Waals surface area (Å²) in [6, 6.07) is 9.89. The second-order valence-corrected chi connectivity index (χ2v) is 5.10. The summed E-state index contributed by atoms with van der Waals surface area (Å²) < 4.78 is 6.32. The summed E-state index contributed by atoms with van der Waals surface area (Å²) in [5.74, 6) is -0.789. The van der Waals surface area contributed by atoms with Crippen LogP contribution in [0.5, 0.6) is 0 Å². The van der Waals surface area contributed by atoms with Crippen molar-refractivity contribution in [2.75, 3.05) is 17.8 Å². The van der Waals surface area contributed by atoms with E-state index in [1.54, 1.807) is 4.68 Å². The van der Waals surface area contributed by atoms with Gasteiger partial charge < -0.3 is 10.1 Å². The molecule has 1 amide bonds. The molecule has 2 rings (SSSR count). The molecule has 1 N–H and O–H groups in total. The summed E-state index contributed by atoms with van der Waals surface area (Å²) in [7, 11) is 1.30. The van der Waals surface area contributed by atoms with Crippen molar-refractivity contribution in [3.05, 3.63) is 47.8 Å². The Labute approximate surface area is 136 Å². The average Bonchev–Trinajstić information content (AvgIpc) is 2.95. The second kappa shape index (κ2) is 7.74. The summed E-state index contributed by atoms with van der Waals surface area (Å²) in [6.45, 7) is 0.513. The van der Waals surface area contributed by atoms with E-state index in [1.807, 2.05) is 30.3 Å². The molecule has 7 heteroatoms. The molecule has 116 valence electrons. The highest BCUT2D eigenvalue weighted by molar-refractivity contribution is 9.09. The number of halogens is 1. The third-order valence-corrected chi connectivity index (χ3v) is 3.58. The number of methoxy groups -OCH3 is 1. The predicted molar refractivity (Wildman–Crippen MR) is 86.1 cm³/mol. The van der Waals surface area contributed by atoms with Crippen LogP contribution < -0.4 is 5.32 Å². The van der Waals surface area contributed by atoms with Crippen LogP contribution in [-0.2, 0) is 22.5 Å². The molecule has 0 bridgehead atoms. The molecule has 0 aliphatic carbocycles. The topological polar surface area (TPSA) is 73.2 Å². The number of hydrogen-bond acceptors (Lipinski definition) is 4. The standard InChI is InChI=1S/C15H16BrN3O3/c1-22-15(21)14-12(18-13(20)9-16)10-17-19(14)8-7-11-5-3-2-4-6-11/h2-6,10H,7-9H2,1H3,(H,18,20). The number of esters is 1. The third kappa shape index (κ3) is 3.94. The molecular weight excluding hydrogens is 350 g/mol. The van der Waals surface area contributed by atoms with Crippen molar-refractivity contribution in [1.82, 2.24) is 9.78 Å². The van der Waals surface area contributed by atoms with Crippen LogP contribution in [0.25, 0.3) is 0 Å². The largest absolute Gasteiger partial charge is 0.464 e. The molecule has 0 saturated carbocycles. The molecular formula is C15H16BrN3O3. The maximum atomic E-state index is 12.0. The number of benzene rings is 1. The number of aryl methyl sites for hydroxylation is 2. The second-order valence-electron chi connectivity index (χ2n) is 4.54. The number of carbonyl (C=O) groups is 2. The van der Waals surface area contributed by atoms with Gasteiger partial charge in [0, 0.05) is 6.54 Å². The molecule has 0 fully saturated rings. The number of aromatic nitrogens is 2. The molecule has 0 unspecified atom stereocenters. The summed E-state index contributed by atoms with van der Waals surface area (Å²) in [4.78, 5) is 23.4. The first-order valence-electron chi connectivity index (χ1n) is 6.69. The number of nitrogens with zero attached hydrogens (tertiary/aromatic N) is 2. The number of hydrogen-bond donors (Lipinski definition) is 1. The van der Waals surface area contributed by atoms with Crippen molar-refractivity contribution in [1.29, 1.82) is 0 Å². The Balaban J connectivity index is 2.19. The monoisotopic (exact) mass is 365 g/mol. The predicted octanol–water partition coefficient (Wildman–Crippen LogP) is 2.25. The quantitative estimate of drug-likeness (QED) is 0.629. The third-order valence-electron chi connectivity index (χ3n) is 3.07. The van der Waals surface area contributed by atoms with Crippen molar-refractivity contribution in [2.45, 2.75) is 13.0 Å². The van der Waals surface area contributed by atoms with Gasteiger partial charge in [0.1, 0.15) is 0 Å². The molecule has 2 aromatic rings. The smallest absolute Gasteiger partial charge is 0.358 e. The first-order chi connectivity index (χ1) is 10.7. The molecule has 1 heterocycles. The fourth-order valence-electron chi connectivity index (χ4n) is 2.02. The normalized spacial score (nSPS) is 10.3. The Morgan fingerprint density at radius 3 is 2.68 bits per heavy atom. The zero-order chi connectivity index (χ0) is 15.9. The Hall–Kier alpha value is -2.15. The Kier molecular flexibility index (Phi) is 5.71. The van der Waals surface area contributed by atoms with Gasteiger partial charge in [-0.25, -0.2) is 4.79 Å². The van der Waals surface area contributed by atoms with Crippen molar-refractivity contribution in [2.24, 2.45) is 0 Å². The zero-order valence-corrected chi connectivity index (χ0v) is 13.7. The number of amides is 1. The summed E-state index contributed by atoms with van der Waals surface area (Å²) in [6.07, 6.45) is 2.18. The summed E-state index contributed by atoms with van der Waals surface area (Å²) in [5.41, 5.74) is 1.73. The van der Waals surface area contributed by atoms with Crippen LogP contribution in [0, 0.1) is 0 Å². The SMILES string of the molecule is COC(=O)c1c(NC(=O)CBr)cnn1CCc1ccccc1. The van der Waals surface area contributed by atoms with Gasteiger partial charge in [-0.2, -0.15) is 5.10 Å². The van der Waals surface area contributed by atoms with E-state index in [2.05, 4.69) is 26.3 Å². The molecule has 0 radical (unpaired) electrons. The van der Waals surface area contributed by atoms with Gasteiger partial charge in [-0.05, 0) is 12.0 Å². The van der Waals surface area contributed by atoms with Crippen molar-refractivity contribution < 1.29 is 14.3 Å². The number of ether oxygens (including phenoxy) is 1. The van der Waals surface area contributed by atoms with Gasteiger partial charge in [0.05, 0.1) is 24.3 Å². The molecule has 0 aliphatic heterocycles. The lowest BCUT2D eigenvalue weighted by molar-refractivity contribution is -0.113. The van der Waals surface area contributed by atoms with E-state index in [-0.39, 0.29) is 16.9 Å². The molecule has 22 heavy (non-hydrogen) atoms. The van der Waals surface area contributed by atoms with Gasteiger partial charge in [-0.15, -0.1) is 0 Å². The van der Waals surface area contributed by atoms with Crippen LogP contribution in [0.2, 0.25) is 0 Å². The van der Waals surface area contributed by atoms with Crippen LogP contribution in [0.15, 0.2) is 36.5 Å². The maximum Gasteiger partial charge on any atom is 0.358 e. The lowest BCUT2D eigenvalue weighted by atomic mass is 10.1. The first kappa shape index (κ1) is 16.2. The Morgan fingerprint density at radius 2 is 2.05 bits per heavy atom. The van der Waals surface area contributed by atoms with Gasteiger partial charge in [0.15, 0.2) is 5.69 Å². The summed E-state index contributed by atoms with van der Waals surface area (Å²) in [5, 5.41) is 6.94. The number of rotatable bonds is 6. The van der Waals surface area contributed by atoms with E-state index in [1.165, 1.54) is 13.3 Å². The lowest BCUT2D eigenvalue weighted by Gasteiger charge is -2.08. The lowest BCUT2D eigenvalue weighted by Crippen LogP contribution is -2.18. The number of anilines is 1. The molecule has 0 spiro atoms. The van der Waals surface area contributed by atoms with E-state index in [9.17, 15) is 9.59 Å².